The quantitative estimate of drug-likeness (QED) is 0.0679. The van der Waals surface area contributed by atoms with E-state index in [2.05, 4.69) is 19.9 Å². The summed E-state index contributed by atoms with van der Waals surface area (Å²) in [4.78, 5) is 40.2. The molecule has 480 valence electrons. The number of aromatic carboxylic acids is 2. The Morgan fingerprint density at radius 1 is 0.521 bits per heavy atom. The Kier molecular flexibility index (Phi) is 17.8. The van der Waals surface area contributed by atoms with Crippen LogP contribution in [-0.4, -0.2) is 77.6 Å². The highest BCUT2D eigenvalue weighted by atomic mass is 19.2. The van der Waals surface area contributed by atoms with Crippen LogP contribution in [-0.2, 0) is 35.5 Å². The minimum absolute atomic E-state index is 0.0153. The van der Waals surface area contributed by atoms with Gasteiger partial charge < -0.3 is 38.3 Å². The SMILES string of the molecule is CC1(C)COCC1n1c(Cc2c(F)cc(-c3cccc(OCc4ccc(C#N)cc4F)n3)c(F)c2F)nc2c(F)cc(C(=O)O)cc21.CC1(C)COCC1n1c(Cc2c(F)cc(-c3cccc(OCc4ccc(C#N)cc4F)n3)c(F)c2F)nc2c(F)cc(C(=O)O)cc21. The second-order valence-electron chi connectivity index (χ2n) is 23.6. The Balaban J connectivity index is 0.000000192. The third kappa shape index (κ3) is 12.7. The van der Waals surface area contributed by atoms with Crippen LogP contribution in [0.5, 0.6) is 11.8 Å². The molecule has 26 heteroatoms. The van der Waals surface area contributed by atoms with Gasteiger partial charge in [0.05, 0.1) is 95.3 Å². The number of aromatic nitrogens is 6. The standard InChI is InChI=1S/2C34H25F5N4O4/c2*1-34(2)16-46-15-27(34)43-26-10-19(33(44)45)9-24(37)32(26)42-28(43)12-20-23(36)11-21(31(39)30(20)38)25-4-3-5-29(41-25)47-14-18-7-6-17(13-40)8-22(18)35/h2*3-11,27H,12,14-16H2,1-2H3,(H,44,45). The topological polar surface area (TPSA) is 221 Å². The molecule has 2 aliphatic heterocycles. The van der Waals surface area contributed by atoms with E-state index >= 15 is 35.1 Å². The molecule has 2 unspecified atom stereocenters. The molecule has 0 spiro atoms. The van der Waals surface area contributed by atoms with E-state index in [1.807, 2.05) is 39.8 Å². The summed E-state index contributed by atoms with van der Waals surface area (Å²) in [6, 6.07) is 24.2. The van der Waals surface area contributed by atoms with Crippen LogP contribution in [0.2, 0.25) is 0 Å². The first-order valence-electron chi connectivity index (χ1n) is 28.7. The Bertz CT molecular complexity index is 4510. The predicted octanol–water partition coefficient (Wildman–Crippen LogP) is 14.3. The molecule has 0 aliphatic carbocycles. The van der Waals surface area contributed by atoms with E-state index in [0.717, 1.165) is 36.4 Å². The van der Waals surface area contributed by atoms with Crippen LogP contribution >= 0.6 is 0 Å². The van der Waals surface area contributed by atoms with Gasteiger partial charge in [0, 0.05) is 69.2 Å². The Morgan fingerprint density at radius 2 is 0.915 bits per heavy atom. The second-order valence-corrected chi connectivity index (χ2v) is 23.6. The van der Waals surface area contributed by atoms with E-state index in [1.165, 1.54) is 81.9 Å². The Hall–Kier alpha value is -10.7. The molecule has 94 heavy (non-hydrogen) atoms. The molecule has 2 saturated heterocycles. The zero-order valence-electron chi connectivity index (χ0n) is 49.9. The second kappa shape index (κ2) is 25.8. The third-order valence-electron chi connectivity index (χ3n) is 16.4. The first-order valence-corrected chi connectivity index (χ1v) is 28.7. The summed E-state index contributed by atoms with van der Waals surface area (Å²) < 4.78 is 178. The summed E-state index contributed by atoms with van der Waals surface area (Å²) in [5.41, 5.74) is -4.16. The molecule has 2 fully saturated rings. The number of halogens is 10. The molecule has 0 radical (unpaired) electrons. The van der Waals surface area contributed by atoms with Crippen molar-refractivity contribution in [2.45, 2.75) is 65.8 Å². The van der Waals surface area contributed by atoms with Crippen molar-refractivity contribution in [3.63, 3.8) is 0 Å². The highest BCUT2D eigenvalue weighted by molar-refractivity contribution is 5.94. The molecule has 6 heterocycles. The van der Waals surface area contributed by atoms with Crippen molar-refractivity contribution >= 4 is 34.0 Å². The van der Waals surface area contributed by atoms with Gasteiger partial charge in [-0.1, -0.05) is 52.0 Å². The van der Waals surface area contributed by atoms with E-state index in [1.54, 1.807) is 0 Å². The molecule has 2 aliphatic rings. The molecule has 12 rings (SSSR count). The number of ether oxygens (including phenoxy) is 4. The summed E-state index contributed by atoms with van der Waals surface area (Å²) in [7, 11) is 0. The maximum absolute atomic E-state index is 15.7. The average molecular weight is 1300 g/mol. The molecule has 6 aromatic carbocycles. The smallest absolute Gasteiger partial charge is 0.335 e. The van der Waals surface area contributed by atoms with Gasteiger partial charge in [-0.15, -0.1) is 0 Å². The lowest BCUT2D eigenvalue weighted by molar-refractivity contribution is 0.0686. The van der Waals surface area contributed by atoms with Crippen molar-refractivity contribution in [2.75, 3.05) is 26.4 Å². The van der Waals surface area contributed by atoms with Crippen molar-refractivity contribution in [1.29, 1.82) is 10.5 Å². The number of carboxylic acids is 2. The summed E-state index contributed by atoms with van der Waals surface area (Å²) in [6.45, 7) is 7.84. The normalized spacial score (nSPS) is 15.6. The van der Waals surface area contributed by atoms with E-state index in [4.69, 9.17) is 29.5 Å². The highest BCUT2D eigenvalue weighted by Crippen LogP contribution is 2.44. The van der Waals surface area contributed by atoms with Crippen LogP contribution < -0.4 is 9.47 Å². The Morgan fingerprint density at radius 3 is 1.26 bits per heavy atom. The van der Waals surface area contributed by atoms with Gasteiger partial charge in [0.2, 0.25) is 11.8 Å². The highest BCUT2D eigenvalue weighted by Gasteiger charge is 2.42. The van der Waals surface area contributed by atoms with Crippen molar-refractivity contribution in [3.8, 4) is 46.4 Å². The van der Waals surface area contributed by atoms with Gasteiger partial charge in [-0.25, -0.2) is 73.4 Å². The van der Waals surface area contributed by atoms with Crippen LogP contribution in [0.4, 0.5) is 43.9 Å². The molecule has 0 amide bonds. The maximum Gasteiger partial charge on any atom is 0.335 e. The lowest BCUT2D eigenvalue weighted by atomic mass is 9.87. The number of rotatable bonds is 16. The number of hydrogen-bond acceptors (Lipinski definition) is 12. The number of hydrogen-bond donors (Lipinski definition) is 2. The van der Waals surface area contributed by atoms with Crippen LogP contribution in [0.1, 0.15) is 106 Å². The van der Waals surface area contributed by atoms with Crippen molar-refractivity contribution in [3.05, 3.63) is 224 Å². The summed E-state index contributed by atoms with van der Waals surface area (Å²) in [5, 5.41) is 36.9. The number of fused-ring (bicyclic) bond motifs is 2. The van der Waals surface area contributed by atoms with Crippen LogP contribution in [0.15, 0.2) is 109 Å². The summed E-state index contributed by atoms with van der Waals surface area (Å²) in [5.74, 6) is -14.2. The largest absolute Gasteiger partial charge is 0.478 e. The Labute approximate surface area is 527 Å². The lowest BCUT2D eigenvalue weighted by Crippen LogP contribution is -2.27. The fraction of sp³-hybridized carbons (Fsp3) is 0.235. The number of benzene rings is 6. The summed E-state index contributed by atoms with van der Waals surface area (Å²) >= 11 is 0. The minimum atomic E-state index is -1.51. The lowest BCUT2D eigenvalue weighted by Gasteiger charge is -2.28. The molecule has 2 atom stereocenters. The van der Waals surface area contributed by atoms with Crippen LogP contribution in [0.25, 0.3) is 44.6 Å². The first kappa shape index (κ1) is 64.8. The zero-order chi connectivity index (χ0) is 67.2. The molecular weight excluding hydrogens is 1250 g/mol. The van der Waals surface area contributed by atoms with Crippen molar-refractivity contribution in [2.24, 2.45) is 10.8 Å². The predicted molar refractivity (Wildman–Crippen MR) is 316 cm³/mol. The van der Waals surface area contributed by atoms with Gasteiger partial charge in [0.25, 0.3) is 0 Å². The first-order chi connectivity index (χ1) is 44.7. The number of pyridine rings is 2. The van der Waals surface area contributed by atoms with Gasteiger partial charge in [-0.3, -0.25) is 0 Å². The number of carbonyl (C=O) groups is 2. The van der Waals surface area contributed by atoms with Crippen LogP contribution in [0.3, 0.4) is 0 Å². The third-order valence-corrected chi connectivity index (χ3v) is 16.4. The fourth-order valence-corrected chi connectivity index (χ4v) is 11.3. The average Bonchev–Trinajstić information content (AvgIpc) is 1.58. The van der Waals surface area contributed by atoms with Gasteiger partial charge in [0.1, 0.15) is 59.2 Å². The van der Waals surface area contributed by atoms with E-state index in [0.29, 0.717) is 13.2 Å². The zero-order valence-corrected chi connectivity index (χ0v) is 49.9. The maximum atomic E-state index is 15.7. The minimum Gasteiger partial charge on any atom is -0.478 e. The number of carboxylic acid groups (broad SMARTS) is 2. The molecule has 0 saturated carbocycles. The van der Waals surface area contributed by atoms with E-state index in [9.17, 15) is 28.6 Å². The number of nitriles is 2. The molecule has 16 nitrogen and oxygen atoms in total. The molecular formula is C68H50F10N8O8. The monoisotopic (exact) mass is 1300 g/mol. The van der Waals surface area contributed by atoms with Crippen LogP contribution in [0, 0.1) is 91.7 Å². The van der Waals surface area contributed by atoms with Crippen molar-refractivity contribution < 1.29 is 82.7 Å². The molecule has 10 aromatic rings. The molecule has 2 N–H and O–H groups in total. The van der Waals surface area contributed by atoms with E-state index in [-0.39, 0.29) is 117 Å². The van der Waals surface area contributed by atoms with E-state index < -0.39 is 128 Å². The number of imidazole rings is 2. The number of nitrogens with zero attached hydrogens (tertiary/aromatic N) is 8. The summed E-state index contributed by atoms with van der Waals surface area (Å²) in [6.07, 6.45) is -1.19. The molecule has 0 bridgehead atoms. The van der Waals surface area contributed by atoms with Crippen molar-refractivity contribution in [1.82, 2.24) is 29.1 Å². The fourth-order valence-electron chi connectivity index (χ4n) is 11.3. The van der Waals surface area contributed by atoms with Gasteiger partial charge in [-0.2, -0.15) is 10.5 Å². The van der Waals surface area contributed by atoms with Gasteiger partial charge in [-0.05, 0) is 72.8 Å². The van der Waals surface area contributed by atoms with Gasteiger partial charge in [0.15, 0.2) is 34.9 Å². The van der Waals surface area contributed by atoms with Gasteiger partial charge >= 0.3 is 11.9 Å². The molecule has 4 aromatic heterocycles.